The minimum Gasteiger partial charge on any atom is -0.507 e. The predicted molar refractivity (Wildman–Crippen MR) is 61.0 cm³/mol. The largest absolute Gasteiger partial charge is 0.507 e. The van der Waals surface area contributed by atoms with Crippen molar-refractivity contribution >= 4 is 49.2 Å². The number of hydrogen-bond donors (Lipinski definition) is 3. The zero-order valence-corrected chi connectivity index (χ0v) is 9.34. The van der Waals surface area contributed by atoms with Crippen molar-refractivity contribution in [2.75, 3.05) is 0 Å². The zero-order chi connectivity index (χ0) is 10.3. The van der Waals surface area contributed by atoms with Crippen molar-refractivity contribution in [2.45, 2.75) is 0 Å². The molecule has 1 heterocycles. The van der Waals surface area contributed by atoms with Crippen LogP contribution in [0.25, 0.3) is 10.1 Å². The summed E-state index contributed by atoms with van der Waals surface area (Å²) in [5.74, 6) is 0.145. The van der Waals surface area contributed by atoms with Gasteiger partial charge in [0.15, 0.2) is 0 Å². The van der Waals surface area contributed by atoms with Crippen molar-refractivity contribution in [3.8, 4) is 5.75 Å². The summed E-state index contributed by atoms with van der Waals surface area (Å²) >= 11 is 4.57. The van der Waals surface area contributed by atoms with Gasteiger partial charge in [0.25, 0.3) is 0 Å². The van der Waals surface area contributed by atoms with E-state index in [-0.39, 0.29) is 5.75 Å². The van der Waals surface area contributed by atoms with Crippen molar-refractivity contribution in [3.63, 3.8) is 0 Å². The maximum Gasteiger partial charge on any atom is 0.499 e. The lowest BCUT2D eigenvalue weighted by Gasteiger charge is -1.95. The van der Waals surface area contributed by atoms with Crippen LogP contribution in [0, 0.1) is 0 Å². The molecule has 0 bridgehead atoms. The second kappa shape index (κ2) is 3.54. The summed E-state index contributed by atoms with van der Waals surface area (Å²) in [4.78, 5) is 0. The number of phenols is 1. The molecule has 1 aromatic carbocycles. The van der Waals surface area contributed by atoms with Crippen LogP contribution in [0.3, 0.4) is 0 Å². The lowest BCUT2D eigenvalue weighted by atomic mass is 9.89. The summed E-state index contributed by atoms with van der Waals surface area (Å²) in [5.41, 5.74) is 0. The highest BCUT2D eigenvalue weighted by Gasteiger charge is 2.17. The Labute approximate surface area is 92.9 Å². The maximum atomic E-state index is 9.51. The Balaban J connectivity index is 2.75. The molecule has 14 heavy (non-hydrogen) atoms. The number of phenolic OH excluding ortho intramolecular Hbond substituents is 1. The normalized spacial score (nSPS) is 10.8. The van der Waals surface area contributed by atoms with E-state index in [4.69, 9.17) is 10.0 Å². The van der Waals surface area contributed by atoms with Gasteiger partial charge in [0.05, 0.1) is 4.70 Å². The molecule has 0 saturated heterocycles. The number of aromatic hydroxyl groups is 1. The topological polar surface area (TPSA) is 60.7 Å². The van der Waals surface area contributed by atoms with Gasteiger partial charge in [0, 0.05) is 14.6 Å². The van der Waals surface area contributed by atoms with Crippen LogP contribution in [-0.4, -0.2) is 22.3 Å². The van der Waals surface area contributed by atoms with Crippen LogP contribution in [0.15, 0.2) is 22.7 Å². The van der Waals surface area contributed by atoms with Gasteiger partial charge in [-0.1, -0.05) is 0 Å². The minimum atomic E-state index is -1.49. The van der Waals surface area contributed by atoms with E-state index < -0.39 is 7.12 Å². The van der Waals surface area contributed by atoms with E-state index in [1.165, 1.54) is 11.3 Å². The molecule has 72 valence electrons. The fraction of sp³-hybridized carbons (Fsp3) is 0. The van der Waals surface area contributed by atoms with Gasteiger partial charge >= 0.3 is 7.12 Å². The third-order valence-electron chi connectivity index (χ3n) is 1.89. The van der Waals surface area contributed by atoms with E-state index >= 15 is 0 Å². The van der Waals surface area contributed by atoms with Crippen LogP contribution in [0.5, 0.6) is 5.75 Å². The summed E-state index contributed by atoms with van der Waals surface area (Å²) in [6.07, 6.45) is 0. The van der Waals surface area contributed by atoms with Crippen molar-refractivity contribution < 1.29 is 15.2 Å². The Morgan fingerprint density at radius 2 is 2.00 bits per heavy atom. The number of thiophene rings is 1. The number of halogens is 1. The smallest absolute Gasteiger partial charge is 0.499 e. The van der Waals surface area contributed by atoms with E-state index in [1.54, 1.807) is 18.2 Å². The fourth-order valence-corrected chi connectivity index (χ4v) is 2.77. The Morgan fingerprint density at radius 1 is 1.29 bits per heavy atom. The SMILES string of the molecule is OB(O)c1cc2c(O)ccc(Br)c2s1. The van der Waals surface area contributed by atoms with Gasteiger partial charge in [-0.3, -0.25) is 0 Å². The molecular formula is C8H6BBrO3S. The molecular weight excluding hydrogens is 267 g/mol. The molecule has 3 N–H and O–H groups in total. The van der Waals surface area contributed by atoms with Crippen LogP contribution >= 0.6 is 27.3 Å². The van der Waals surface area contributed by atoms with E-state index in [9.17, 15) is 5.11 Å². The Morgan fingerprint density at radius 3 is 2.57 bits per heavy atom. The molecule has 6 heteroatoms. The lowest BCUT2D eigenvalue weighted by Crippen LogP contribution is -2.26. The summed E-state index contributed by atoms with van der Waals surface area (Å²) < 4.78 is 2.07. The molecule has 0 aliphatic carbocycles. The van der Waals surface area contributed by atoms with Gasteiger partial charge in [-0.2, -0.15) is 0 Å². The predicted octanol–water partition coefficient (Wildman–Crippen LogP) is 1.05. The quantitative estimate of drug-likeness (QED) is 0.680. The monoisotopic (exact) mass is 272 g/mol. The first-order valence-corrected chi connectivity index (χ1v) is 5.47. The summed E-state index contributed by atoms with van der Waals surface area (Å²) in [6, 6.07) is 4.86. The third-order valence-corrected chi connectivity index (χ3v) is 4.02. The summed E-state index contributed by atoms with van der Waals surface area (Å²) in [6.45, 7) is 0. The first kappa shape index (κ1) is 9.98. The van der Waals surface area contributed by atoms with Crippen LogP contribution < -0.4 is 4.78 Å². The minimum absolute atomic E-state index is 0.145. The summed E-state index contributed by atoms with van der Waals surface area (Å²) in [7, 11) is -1.49. The molecule has 2 aromatic rings. The first-order chi connectivity index (χ1) is 6.59. The first-order valence-electron chi connectivity index (χ1n) is 3.86. The Hall–Kier alpha value is -0.555. The van der Waals surface area contributed by atoms with Gasteiger partial charge in [-0.25, -0.2) is 0 Å². The molecule has 1 aromatic heterocycles. The molecule has 0 unspecified atom stereocenters. The standard InChI is InChI=1S/C8H6BBrO3S/c10-5-1-2-6(11)4-3-7(9(12)13)14-8(4)5/h1-3,11-13H. The highest BCUT2D eigenvalue weighted by Crippen LogP contribution is 2.33. The number of fused-ring (bicyclic) bond motifs is 1. The number of rotatable bonds is 1. The molecule has 0 aliphatic heterocycles. The molecule has 0 saturated carbocycles. The van der Waals surface area contributed by atoms with Crippen LogP contribution in [-0.2, 0) is 0 Å². The molecule has 0 radical (unpaired) electrons. The molecule has 0 fully saturated rings. The average molecular weight is 273 g/mol. The second-order valence-corrected chi connectivity index (χ2v) is 4.77. The molecule has 0 aliphatic rings. The third kappa shape index (κ3) is 1.54. The van der Waals surface area contributed by atoms with Crippen molar-refractivity contribution in [3.05, 3.63) is 22.7 Å². The highest BCUT2D eigenvalue weighted by atomic mass is 79.9. The zero-order valence-electron chi connectivity index (χ0n) is 6.94. The Kier molecular flexibility index (Phi) is 2.53. The fourth-order valence-electron chi connectivity index (χ4n) is 1.22. The van der Waals surface area contributed by atoms with Gasteiger partial charge in [-0.05, 0) is 34.1 Å². The molecule has 0 atom stereocenters. The van der Waals surface area contributed by atoms with Crippen LogP contribution in [0.4, 0.5) is 0 Å². The van der Waals surface area contributed by atoms with Gasteiger partial charge in [-0.15, -0.1) is 11.3 Å². The Bertz CT molecular complexity index is 444. The number of hydrogen-bond acceptors (Lipinski definition) is 4. The van der Waals surface area contributed by atoms with E-state index in [1.807, 2.05) is 0 Å². The van der Waals surface area contributed by atoms with E-state index in [0.29, 0.717) is 10.2 Å². The number of benzene rings is 1. The van der Waals surface area contributed by atoms with E-state index in [2.05, 4.69) is 15.9 Å². The lowest BCUT2D eigenvalue weighted by molar-refractivity contribution is 0.427. The molecule has 0 spiro atoms. The summed E-state index contributed by atoms with van der Waals surface area (Å²) in [5, 5.41) is 28.1. The molecule has 0 amide bonds. The molecule has 2 rings (SSSR count). The highest BCUT2D eigenvalue weighted by molar-refractivity contribution is 9.10. The van der Waals surface area contributed by atoms with Crippen LogP contribution in [0.2, 0.25) is 0 Å². The van der Waals surface area contributed by atoms with E-state index in [0.717, 1.165) is 9.17 Å². The van der Waals surface area contributed by atoms with Crippen molar-refractivity contribution in [1.82, 2.24) is 0 Å². The van der Waals surface area contributed by atoms with Gasteiger partial charge in [0.1, 0.15) is 5.75 Å². The average Bonchev–Trinajstić information content (AvgIpc) is 2.57. The van der Waals surface area contributed by atoms with Crippen LogP contribution in [0.1, 0.15) is 0 Å². The maximum absolute atomic E-state index is 9.51. The van der Waals surface area contributed by atoms with Crippen molar-refractivity contribution in [1.29, 1.82) is 0 Å². The van der Waals surface area contributed by atoms with Gasteiger partial charge < -0.3 is 15.2 Å². The van der Waals surface area contributed by atoms with Gasteiger partial charge in [0.2, 0.25) is 0 Å². The second-order valence-electron chi connectivity index (χ2n) is 2.83. The molecule has 3 nitrogen and oxygen atoms in total. The van der Waals surface area contributed by atoms with Crippen molar-refractivity contribution in [2.24, 2.45) is 0 Å².